The number of nitrogens with zero attached hydrogens (tertiary/aromatic N) is 2. The zero-order valence-corrected chi connectivity index (χ0v) is 14.7. The minimum absolute atomic E-state index is 0.0880. The highest BCUT2D eigenvalue weighted by Gasteiger charge is 2.33. The van der Waals surface area contributed by atoms with E-state index in [4.69, 9.17) is 27.9 Å². The number of carbonyl (C=O) groups is 1. The average Bonchev–Trinajstić information content (AvgIpc) is 2.51. The fourth-order valence-corrected chi connectivity index (χ4v) is 4.37. The van der Waals surface area contributed by atoms with E-state index in [-0.39, 0.29) is 47.7 Å². The van der Waals surface area contributed by atoms with E-state index in [0.717, 1.165) is 6.07 Å². The van der Waals surface area contributed by atoms with Gasteiger partial charge in [-0.05, 0) is 19.1 Å². The molecular formula is C13H16Cl2N2O5S. The van der Waals surface area contributed by atoms with E-state index in [1.807, 2.05) is 0 Å². The van der Waals surface area contributed by atoms with E-state index in [9.17, 15) is 18.3 Å². The van der Waals surface area contributed by atoms with Gasteiger partial charge >= 0.3 is 6.09 Å². The summed E-state index contributed by atoms with van der Waals surface area (Å²) in [6.07, 6.45) is -0.474. The van der Waals surface area contributed by atoms with Crippen molar-refractivity contribution in [2.75, 3.05) is 32.8 Å². The number of sulfonamides is 1. The summed E-state index contributed by atoms with van der Waals surface area (Å²) in [6.45, 7) is 2.53. The largest absolute Gasteiger partial charge is 0.505 e. The summed E-state index contributed by atoms with van der Waals surface area (Å²) in [5, 5.41) is 9.89. The molecule has 1 aromatic rings. The maximum Gasteiger partial charge on any atom is 0.409 e. The van der Waals surface area contributed by atoms with Crippen LogP contribution in [0.25, 0.3) is 0 Å². The predicted octanol–water partition coefficient (Wildman–Crippen LogP) is 2.16. The molecule has 0 radical (unpaired) electrons. The van der Waals surface area contributed by atoms with Crippen molar-refractivity contribution in [2.24, 2.45) is 0 Å². The van der Waals surface area contributed by atoms with Crippen molar-refractivity contribution in [3.63, 3.8) is 0 Å². The number of ether oxygens (including phenoxy) is 1. The zero-order valence-electron chi connectivity index (χ0n) is 12.3. The first-order valence-corrected chi connectivity index (χ1v) is 9.06. The number of piperazine rings is 1. The average molecular weight is 383 g/mol. The lowest BCUT2D eigenvalue weighted by atomic mass is 10.3. The van der Waals surface area contributed by atoms with Crippen molar-refractivity contribution in [3.05, 3.63) is 22.2 Å². The molecule has 0 saturated carbocycles. The number of hydrogen-bond acceptors (Lipinski definition) is 5. The van der Waals surface area contributed by atoms with Gasteiger partial charge in [0.05, 0.1) is 11.6 Å². The van der Waals surface area contributed by atoms with Gasteiger partial charge in [0.2, 0.25) is 10.0 Å². The van der Waals surface area contributed by atoms with Crippen LogP contribution in [0, 0.1) is 0 Å². The lowest BCUT2D eigenvalue weighted by Gasteiger charge is -2.33. The van der Waals surface area contributed by atoms with Gasteiger partial charge in [-0.1, -0.05) is 23.2 Å². The molecule has 128 valence electrons. The zero-order chi connectivity index (χ0) is 17.2. The SMILES string of the molecule is CCOC(=O)N1CCN(S(=O)(=O)c2cc(Cl)cc(Cl)c2O)CC1. The summed E-state index contributed by atoms with van der Waals surface area (Å²) in [5.41, 5.74) is 0. The maximum atomic E-state index is 12.6. The Morgan fingerprint density at radius 1 is 1.26 bits per heavy atom. The maximum absolute atomic E-state index is 12.6. The van der Waals surface area contributed by atoms with E-state index >= 15 is 0 Å². The van der Waals surface area contributed by atoms with E-state index in [0.29, 0.717) is 0 Å². The Balaban J connectivity index is 2.18. The Hall–Kier alpha value is -1.22. The van der Waals surface area contributed by atoms with E-state index < -0.39 is 21.9 Å². The summed E-state index contributed by atoms with van der Waals surface area (Å²) in [4.78, 5) is 12.7. The van der Waals surface area contributed by atoms with Crippen molar-refractivity contribution < 1.29 is 23.1 Å². The number of phenols is 1. The molecule has 1 amide bonds. The molecule has 0 aliphatic carbocycles. The third-order valence-corrected chi connectivity index (χ3v) is 5.79. The second-order valence-corrected chi connectivity index (χ2v) is 7.57. The second-order valence-electron chi connectivity index (χ2n) is 4.82. The van der Waals surface area contributed by atoms with E-state index in [1.54, 1.807) is 6.92 Å². The highest BCUT2D eigenvalue weighted by atomic mass is 35.5. The summed E-state index contributed by atoms with van der Waals surface area (Å²) in [5.74, 6) is -0.538. The van der Waals surface area contributed by atoms with Gasteiger partial charge in [-0.25, -0.2) is 13.2 Å². The van der Waals surface area contributed by atoms with Gasteiger partial charge in [0.15, 0.2) is 5.75 Å². The molecule has 1 N–H and O–H groups in total. The van der Waals surface area contributed by atoms with Crippen molar-refractivity contribution in [3.8, 4) is 5.75 Å². The van der Waals surface area contributed by atoms with Crippen LogP contribution in [-0.4, -0.2) is 61.6 Å². The normalized spacial score (nSPS) is 16.4. The number of benzene rings is 1. The Kier molecular flexibility index (Phi) is 5.61. The van der Waals surface area contributed by atoms with Gasteiger partial charge in [0, 0.05) is 31.2 Å². The third-order valence-electron chi connectivity index (χ3n) is 3.38. The lowest BCUT2D eigenvalue weighted by Crippen LogP contribution is -2.50. The van der Waals surface area contributed by atoms with Crippen LogP contribution in [0.2, 0.25) is 10.0 Å². The number of aromatic hydroxyl groups is 1. The molecule has 2 rings (SSSR count). The van der Waals surface area contributed by atoms with Crippen LogP contribution in [0.1, 0.15) is 6.92 Å². The second kappa shape index (κ2) is 7.12. The minimum Gasteiger partial charge on any atom is -0.505 e. The Bertz CT molecular complexity index is 703. The lowest BCUT2D eigenvalue weighted by molar-refractivity contribution is 0.0934. The summed E-state index contributed by atoms with van der Waals surface area (Å²) < 4.78 is 31.3. The minimum atomic E-state index is -3.96. The fourth-order valence-electron chi connectivity index (χ4n) is 2.20. The molecule has 23 heavy (non-hydrogen) atoms. The molecule has 1 aliphatic heterocycles. The standard InChI is InChI=1S/C13H16Cl2N2O5S/c1-2-22-13(19)16-3-5-17(6-4-16)23(20,21)11-8-9(14)7-10(15)12(11)18/h7-8,18H,2-6H2,1H3. The highest BCUT2D eigenvalue weighted by Crippen LogP contribution is 2.35. The Morgan fingerprint density at radius 3 is 2.43 bits per heavy atom. The van der Waals surface area contributed by atoms with Crippen LogP contribution < -0.4 is 0 Å². The topological polar surface area (TPSA) is 87.2 Å². The number of amides is 1. The molecule has 7 nitrogen and oxygen atoms in total. The summed E-state index contributed by atoms with van der Waals surface area (Å²) >= 11 is 11.6. The van der Waals surface area contributed by atoms with Gasteiger partial charge in [-0.3, -0.25) is 0 Å². The molecule has 10 heteroatoms. The molecule has 0 aromatic heterocycles. The summed E-state index contributed by atoms with van der Waals surface area (Å²) in [7, 11) is -3.96. The third kappa shape index (κ3) is 3.82. The first kappa shape index (κ1) is 18.1. The smallest absolute Gasteiger partial charge is 0.409 e. The van der Waals surface area contributed by atoms with Crippen LogP contribution in [0.5, 0.6) is 5.75 Å². The van der Waals surface area contributed by atoms with Gasteiger partial charge in [0.1, 0.15) is 4.90 Å². The molecular weight excluding hydrogens is 367 g/mol. The van der Waals surface area contributed by atoms with Gasteiger partial charge in [-0.2, -0.15) is 4.31 Å². The molecule has 1 aliphatic rings. The van der Waals surface area contributed by atoms with Crippen LogP contribution in [0.15, 0.2) is 17.0 Å². The van der Waals surface area contributed by atoms with Crippen molar-refractivity contribution in [1.29, 1.82) is 0 Å². The van der Waals surface area contributed by atoms with Gasteiger partial charge < -0.3 is 14.7 Å². The van der Waals surface area contributed by atoms with Crippen LogP contribution in [0.3, 0.4) is 0 Å². The first-order valence-electron chi connectivity index (χ1n) is 6.87. The van der Waals surface area contributed by atoms with Crippen molar-refractivity contribution >= 4 is 39.3 Å². The molecule has 0 atom stereocenters. The quantitative estimate of drug-likeness (QED) is 0.865. The van der Waals surface area contributed by atoms with E-state index in [1.165, 1.54) is 15.3 Å². The Morgan fingerprint density at radius 2 is 1.87 bits per heavy atom. The van der Waals surface area contributed by atoms with Crippen molar-refractivity contribution in [1.82, 2.24) is 9.21 Å². The molecule has 1 saturated heterocycles. The number of halogens is 2. The number of hydrogen-bond donors (Lipinski definition) is 1. The number of carbonyl (C=O) groups excluding carboxylic acids is 1. The molecule has 0 bridgehead atoms. The monoisotopic (exact) mass is 382 g/mol. The first-order chi connectivity index (χ1) is 10.8. The molecule has 1 heterocycles. The van der Waals surface area contributed by atoms with Crippen molar-refractivity contribution in [2.45, 2.75) is 11.8 Å². The summed E-state index contributed by atoms with van der Waals surface area (Å²) in [6, 6.07) is 2.41. The highest BCUT2D eigenvalue weighted by molar-refractivity contribution is 7.89. The number of rotatable bonds is 3. The Labute approximate surface area is 144 Å². The molecule has 1 fully saturated rings. The van der Waals surface area contributed by atoms with Crippen LogP contribution >= 0.6 is 23.2 Å². The van der Waals surface area contributed by atoms with E-state index in [2.05, 4.69) is 0 Å². The van der Waals surface area contributed by atoms with Crippen LogP contribution in [0.4, 0.5) is 4.79 Å². The molecule has 1 aromatic carbocycles. The van der Waals surface area contributed by atoms with Crippen LogP contribution in [-0.2, 0) is 14.8 Å². The molecule has 0 unspecified atom stereocenters. The van der Waals surface area contributed by atoms with Gasteiger partial charge in [0.25, 0.3) is 0 Å². The predicted molar refractivity (Wildman–Crippen MR) is 85.5 cm³/mol. The molecule has 0 spiro atoms. The number of phenolic OH excluding ortho intramolecular Hbond substituents is 1. The fraction of sp³-hybridized carbons (Fsp3) is 0.462. The van der Waals surface area contributed by atoms with Gasteiger partial charge in [-0.15, -0.1) is 0 Å².